The number of sulfonamides is 1. The predicted octanol–water partition coefficient (Wildman–Crippen LogP) is 0.395. The van der Waals surface area contributed by atoms with Crippen LogP contribution in [0.25, 0.3) is 0 Å². The first-order valence-electron chi connectivity index (χ1n) is 4.62. The number of nitrogens with two attached hydrogens (primary N) is 1. The Hall–Kier alpha value is -0.130. The van der Waals surface area contributed by atoms with Crippen LogP contribution in [0.2, 0.25) is 0 Å². The summed E-state index contributed by atoms with van der Waals surface area (Å²) in [6.07, 6.45) is 1.89. The normalized spacial score (nSPS) is 14.8. The molecule has 1 atom stereocenters. The topological polar surface area (TPSA) is 63.4 Å². The van der Waals surface area contributed by atoms with Crippen molar-refractivity contribution in [2.75, 3.05) is 20.1 Å². The van der Waals surface area contributed by atoms with Gasteiger partial charge in [-0.2, -0.15) is 0 Å². The average molecular weight is 208 g/mol. The highest BCUT2D eigenvalue weighted by molar-refractivity contribution is 7.89. The summed E-state index contributed by atoms with van der Waals surface area (Å²) in [6.45, 7) is 4.44. The highest BCUT2D eigenvalue weighted by Gasteiger charge is 2.23. The van der Waals surface area contributed by atoms with Crippen LogP contribution in [0.4, 0.5) is 0 Å². The van der Waals surface area contributed by atoms with Gasteiger partial charge in [0.05, 0.1) is 5.25 Å². The van der Waals surface area contributed by atoms with E-state index in [1.165, 1.54) is 4.31 Å². The average Bonchev–Trinajstić information content (AvgIpc) is 2.12. The second-order valence-electron chi connectivity index (χ2n) is 3.27. The molecule has 80 valence electrons. The van der Waals surface area contributed by atoms with Gasteiger partial charge in [-0.15, -0.1) is 0 Å². The summed E-state index contributed by atoms with van der Waals surface area (Å²) in [7, 11) is -1.54. The molecule has 0 amide bonds. The molecule has 1 unspecified atom stereocenters. The van der Waals surface area contributed by atoms with Gasteiger partial charge in [0, 0.05) is 20.1 Å². The zero-order valence-electron chi connectivity index (χ0n) is 8.66. The minimum atomic E-state index is -3.15. The summed E-state index contributed by atoms with van der Waals surface area (Å²) in [5.41, 5.74) is 5.32. The Morgan fingerprint density at radius 3 is 2.38 bits per heavy atom. The van der Waals surface area contributed by atoms with Crippen molar-refractivity contribution in [3.8, 4) is 0 Å². The first-order valence-corrected chi connectivity index (χ1v) is 6.12. The molecule has 0 aliphatic carbocycles. The summed E-state index contributed by atoms with van der Waals surface area (Å²) in [5.74, 6) is 0. The van der Waals surface area contributed by atoms with Crippen molar-refractivity contribution in [1.29, 1.82) is 0 Å². The molecule has 0 aliphatic heterocycles. The number of unbranched alkanes of at least 4 members (excludes halogenated alkanes) is 1. The minimum Gasteiger partial charge on any atom is -0.329 e. The van der Waals surface area contributed by atoms with Gasteiger partial charge in [-0.3, -0.25) is 0 Å². The van der Waals surface area contributed by atoms with Crippen LogP contribution in [0.3, 0.4) is 0 Å². The van der Waals surface area contributed by atoms with E-state index in [0.717, 1.165) is 12.8 Å². The second-order valence-corrected chi connectivity index (χ2v) is 5.72. The number of nitrogens with zero attached hydrogens (tertiary/aromatic N) is 1. The molecule has 0 aromatic carbocycles. The SMILES string of the molecule is CCCCN(C)S(=O)(=O)C(C)CN. The fraction of sp³-hybridized carbons (Fsp3) is 1.00. The van der Waals surface area contributed by atoms with E-state index < -0.39 is 15.3 Å². The fourth-order valence-electron chi connectivity index (χ4n) is 0.937. The van der Waals surface area contributed by atoms with E-state index >= 15 is 0 Å². The van der Waals surface area contributed by atoms with E-state index in [1.54, 1.807) is 14.0 Å². The Labute approximate surface area is 81.2 Å². The minimum absolute atomic E-state index is 0.179. The predicted molar refractivity (Wildman–Crippen MR) is 55.0 cm³/mol. The standard InChI is InChI=1S/C8H20N2O2S/c1-4-5-6-10(3)13(11,12)8(2)7-9/h8H,4-7,9H2,1-3H3. The van der Waals surface area contributed by atoms with Gasteiger partial charge in [0.2, 0.25) is 10.0 Å². The molecule has 0 radical (unpaired) electrons. The lowest BCUT2D eigenvalue weighted by atomic mass is 10.3. The molecule has 4 nitrogen and oxygen atoms in total. The Kier molecular flexibility index (Phi) is 5.51. The molecule has 0 bridgehead atoms. The van der Waals surface area contributed by atoms with Crippen LogP contribution < -0.4 is 5.73 Å². The van der Waals surface area contributed by atoms with E-state index in [1.807, 2.05) is 6.92 Å². The Balaban J connectivity index is 4.28. The van der Waals surface area contributed by atoms with Crippen LogP contribution in [0.5, 0.6) is 0 Å². The molecule has 0 rings (SSSR count). The lowest BCUT2D eigenvalue weighted by molar-refractivity contribution is 0.451. The van der Waals surface area contributed by atoms with E-state index in [-0.39, 0.29) is 6.54 Å². The monoisotopic (exact) mass is 208 g/mol. The molecule has 0 saturated carbocycles. The van der Waals surface area contributed by atoms with Crippen LogP contribution in [-0.2, 0) is 10.0 Å². The van der Waals surface area contributed by atoms with Crippen LogP contribution in [0, 0.1) is 0 Å². The van der Waals surface area contributed by atoms with Crippen LogP contribution in [-0.4, -0.2) is 38.1 Å². The van der Waals surface area contributed by atoms with E-state index in [0.29, 0.717) is 6.54 Å². The Bertz CT molecular complexity index is 226. The van der Waals surface area contributed by atoms with Crippen molar-refractivity contribution in [2.24, 2.45) is 5.73 Å². The lowest BCUT2D eigenvalue weighted by Gasteiger charge is -2.20. The molecule has 0 spiro atoms. The maximum atomic E-state index is 11.6. The molecule has 0 aromatic heterocycles. The fourth-order valence-corrected chi connectivity index (χ4v) is 2.18. The quantitative estimate of drug-likeness (QED) is 0.687. The maximum absolute atomic E-state index is 11.6. The van der Waals surface area contributed by atoms with Gasteiger partial charge in [0.1, 0.15) is 0 Å². The summed E-state index contributed by atoms with van der Waals surface area (Å²) in [5, 5.41) is -0.477. The largest absolute Gasteiger partial charge is 0.329 e. The van der Waals surface area contributed by atoms with Gasteiger partial charge in [-0.25, -0.2) is 12.7 Å². The molecule has 2 N–H and O–H groups in total. The molecule has 0 saturated heterocycles. The molecule has 0 fully saturated rings. The smallest absolute Gasteiger partial charge is 0.217 e. The van der Waals surface area contributed by atoms with E-state index in [4.69, 9.17) is 5.73 Å². The van der Waals surface area contributed by atoms with Crippen molar-refractivity contribution in [1.82, 2.24) is 4.31 Å². The third-order valence-electron chi connectivity index (χ3n) is 2.10. The third kappa shape index (κ3) is 3.62. The Morgan fingerprint density at radius 2 is 2.00 bits per heavy atom. The summed E-state index contributed by atoms with van der Waals surface area (Å²) in [4.78, 5) is 0. The zero-order chi connectivity index (χ0) is 10.5. The number of hydrogen-bond acceptors (Lipinski definition) is 3. The summed E-state index contributed by atoms with van der Waals surface area (Å²) in [6, 6.07) is 0. The van der Waals surface area contributed by atoms with Gasteiger partial charge in [0.25, 0.3) is 0 Å². The second kappa shape index (κ2) is 5.57. The van der Waals surface area contributed by atoms with E-state index in [9.17, 15) is 8.42 Å². The highest BCUT2D eigenvalue weighted by Crippen LogP contribution is 2.06. The van der Waals surface area contributed by atoms with Gasteiger partial charge in [-0.1, -0.05) is 13.3 Å². The molecule has 13 heavy (non-hydrogen) atoms. The molecule has 0 aromatic rings. The van der Waals surface area contributed by atoms with Crippen molar-refractivity contribution < 1.29 is 8.42 Å². The van der Waals surface area contributed by atoms with Crippen molar-refractivity contribution in [3.05, 3.63) is 0 Å². The number of hydrogen-bond donors (Lipinski definition) is 1. The van der Waals surface area contributed by atoms with Crippen LogP contribution in [0.1, 0.15) is 26.7 Å². The Morgan fingerprint density at radius 1 is 1.46 bits per heavy atom. The van der Waals surface area contributed by atoms with Crippen LogP contribution in [0.15, 0.2) is 0 Å². The first-order chi connectivity index (χ1) is 5.96. The lowest BCUT2D eigenvalue weighted by Crippen LogP contribution is -2.38. The molecule has 0 heterocycles. The first kappa shape index (κ1) is 12.9. The maximum Gasteiger partial charge on any atom is 0.217 e. The molecular weight excluding hydrogens is 188 g/mol. The van der Waals surface area contributed by atoms with Crippen molar-refractivity contribution in [3.63, 3.8) is 0 Å². The summed E-state index contributed by atoms with van der Waals surface area (Å²) < 4.78 is 24.6. The number of rotatable bonds is 6. The summed E-state index contributed by atoms with van der Waals surface area (Å²) >= 11 is 0. The van der Waals surface area contributed by atoms with E-state index in [2.05, 4.69) is 0 Å². The van der Waals surface area contributed by atoms with Crippen molar-refractivity contribution in [2.45, 2.75) is 31.9 Å². The molecule has 0 aliphatic rings. The highest BCUT2D eigenvalue weighted by atomic mass is 32.2. The zero-order valence-corrected chi connectivity index (χ0v) is 9.47. The van der Waals surface area contributed by atoms with Gasteiger partial charge in [0.15, 0.2) is 0 Å². The van der Waals surface area contributed by atoms with Gasteiger partial charge in [-0.05, 0) is 13.3 Å². The molecular formula is C8H20N2O2S. The van der Waals surface area contributed by atoms with Crippen LogP contribution >= 0.6 is 0 Å². The van der Waals surface area contributed by atoms with Gasteiger partial charge < -0.3 is 5.73 Å². The van der Waals surface area contributed by atoms with Crippen molar-refractivity contribution >= 4 is 10.0 Å². The molecule has 5 heteroatoms. The third-order valence-corrected chi connectivity index (χ3v) is 4.36. The van der Waals surface area contributed by atoms with Gasteiger partial charge >= 0.3 is 0 Å².